The summed E-state index contributed by atoms with van der Waals surface area (Å²) < 4.78 is 51.5. The molecular formula is C14H17ClF4N2. The topological polar surface area (TPSA) is 15.3 Å². The van der Waals surface area contributed by atoms with Gasteiger partial charge in [-0.3, -0.25) is 9.29 Å². The summed E-state index contributed by atoms with van der Waals surface area (Å²) >= 11 is 5.81. The summed E-state index contributed by atoms with van der Waals surface area (Å²) in [6.45, 7) is 2.27. The molecular weight excluding hydrogens is 308 g/mol. The van der Waals surface area contributed by atoms with Gasteiger partial charge in [0.25, 0.3) is 0 Å². The molecule has 1 atom stereocenters. The van der Waals surface area contributed by atoms with Crippen LogP contribution in [-0.2, 0) is 6.18 Å². The maximum Gasteiger partial charge on any atom is 0.416 e. The summed E-state index contributed by atoms with van der Waals surface area (Å²) in [5.74, 6) is 0. The maximum absolute atomic E-state index is 12.9. The highest BCUT2D eigenvalue weighted by Crippen LogP contribution is 2.35. The van der Waals surface area contributed by atoms with E-state index in [0.29, 0.717) is 18.7 Å². The Balaban J connectivity index is 2.32. The lowest BCUT2D eigenvalue weighted by atomic mass is 9.99. The van der Waals surface area contributed by atoms with Gasteiger partial charge in [-0.2, -0.15) is 13.2 Å². The minimum Gasteiger partial charge on any atom is -0.314 e. The van der Waals surface area contributed by atoms with Gasteiger partial charge in [-0.25, -0.2) is 0 Å². The normalized spacial score (nSPS) is 18.7. The van der Waals surface area contributed by atoms with Crippen LogP contribution in [0.25, 0.3) is 0 Å². The van der Waals surface area contributed by atoms with E-state index in [4.69, 9.17) is 11.6 Å². The molecule has 1 heterocycles. The van der Waals surface area contributed by atoms with Crippen LogP contribution < -0.4 is 5.32 Å². The molecule has 1 aromatic carbocycles. The smallest absolute Gasteiger partial charge is 0.314 e. The lowest BCUT2D eigenvalue weighted by molar-refractivity contribution is -0.137. The minimum atomic E-state index is -4.45. The highest BCUT2D eigenvalue weighted by atomic mass is 35.5. The van der Waals surface area contributed by atoms with Crippen molar-refractivity contribution < 1.29 is 17.6 Å². The summed E-state index contributed by atoms with van der Waals surface area (Å²) in [5, 5.41) is 3.20. The van der Waals surface area contributed by atoms with E-state index in [1.807, 2.05) is 4.90 Å². The van der Waals surface area contributed by atoms with E-state index in [1.165, 1.54) is 6.07 Å². The zero-order chi connectivity index (χ0) is 15.5. The number of alkyl halides is 4. The number of nitrogens with zero attached hydrogens (tertiary/aromatic N) is 1. The monoisotopic (exact) mass is 324 g/mol. The SMILES string of the molecule is FCC[C@@H](c1cc(Cl)cc(C(F)(F)F)c1)N1CCNCC1. The number of halogens is 5. The first-order chi connectivity index (χ1) is 9.91. The molecule has 0 radical (unpaired) electrons. The van der Waals surface area contributed by atoms with E-state index in [0.717, 1.165) is 25.2 Å². The molecule has 0 spiro atoms. The van der Waals surface area contributed by atoms with Crippen molar-refractivity contribution in [1.29, 1.82) is 0 Å². The number of benzene rings is 1. The predicted octanol–water partition coefficient (Wildman–Crippen LogP) is 3.66. The van der Waals surface area contributed by atoms with Gasteiger partial charge in [0.05, 0.1) is 12.2 Å². The number of nitrogens with one attached hydrogen (secondary N) is 1. The van der Waals surface area contributed by atoms with Gasteiger partial charge in [-0.05, 0) is 30.2 Å². The Morgan fingerprint density at radius 2 is 1.86 bits per heavy atom. The summed E-state index contributed by atoms with van der Waals surface area (Å²) in [7, 11) is 0. The first kappa shape index (κ1) is 16.5. The van der Waals surface area contributed by atoms with E-state index >= 15 is 0 Å². The van der Waals surface area contributed by atoms with E-state index < -0.39 is 18.4 Å². The van der Waals surface area contributed by atoms with E-state index in [-0.39, 0.29) is 17.5 Å². The van der Waals surface area contributed by atoms with Crippen LogP contribution in [0.3, 0.4) is 0 Å². The quantitative estimate of drug-likeness (QED) is 0.850. The first-order valence-electron chi connectivity index (χ1n) is 6.80. The molecule has 1 aliphatic heterocycles. The number of hydrogen-bond donors (Lipinski definition) is 1. The zero-order valence-electron chi connectivity index (χ0n) is 11.4. The lowest BCUT2D eigenvalue weighted by Gasteiger charge is -2.35. The largest absolute Gasteiger partial charge is 0.416 e. The van der Waals surface area contributed by atoms with Crippen LogP contribution >= 0.6 is 11.6 Å². The van der Waals surface area contributed by atoms with Crippen LogP contribution in [0.1, 0.15) is 23.6 Å². The van der Waals surface area contributed by atoms with Crippen molar-refractivity contribution in [3.05, 3.63) is 34.3 Å². The molecule has 0 aromatic heterocycles. The molecule has 0 amide bonds. The number of rotatable bonds is 4. The molecule has 0 aliphatic carbocycles. The van der Waals surface area contributed by atoms with Crippen molar-refractivity contribution in [2.24, 2.45) is 0 Å². The van der Waals surface area contributed by atoms with Crippen molar-refractivity contribution in [1.82, 2.24) is 10.2 Å². The second kappa shape index (κ2) is 6.94. The molecule has 0 saturated carbocycles. The zero-order valence-corrected chi connectivity index (χ0v) is 12.1. The van der Waals surface area contributed by atoms with Crippen molar-refractivity contribution in [3.63, 3.8) is 0 Å². The molecule has 1 aliphatic rings. The van der Waals surface area contributed by atoms with Gasteiger partial charge in [-0.15, -0.1) is 0 Å². The third-order valence-corrected chi connectivity index (χ3v) is 3.83. The Hall–Kier alpha value is -0.850. The third kappa shape index (κ3) is 4.31. The van der Waals surface area contributed by atoms with Crippen LogP contribution in [0.2, 0.25) is 5.02 Å². The molecule has 118 valence electrons. The molecule has 0 bridgehead atoms. The van der Waals surface area contributed by atoms with Crippen molar-refractivity contribution >= 4 is 11.6 Å². The Kier molecular flexibility index (Phi) is 5.46. The highest BCUT2D eigenvalue weighted by molar-refractivity contribution is 6.30. The Morgan fingerprint density at radius 3 is 2.43 bits per heavy atom. The second-order valence-corrected chi connectivity index (χ2v) is 5.49. The fourth-order valence-electron chi connectivity index (χ4n) is 2.63. The molecule has 0 unspecified atom stereocenters. The minimum absolute atomic E-state index is 0.0267. The third-order valence-electron chi connectivity index (χ3n) is 3.61. The lowest BCUT2D eigenvalue weighted by Crippen LogP contribution is -2.45. The van der Waals surface area contributed by atoms with Gasteiger partial charge in [-0.1, -0.05) is 11.6 Å². The molecule has 2 nitrogen and oxygen atoms in total. The Morgan fingerprint density at radius 1 is 1.19 bits per heavy atom. The van der Waals surface area contributed by atoms with Gasteiger partial charge in [0.2, 0.25) is 0 Å². The van der Waals surface area contributed by atoms with Crippen LogP contribution in [0.15, 0.2) is 18.2 Å². The molecule has 2 rings (SSSR count). The summed E-state index contributed by atoms with van der Waals surface area (Å²) in [4.78, 5) is 2.00. The summed E-state index contributed by atoms with van der Waals surface area (Å²) in [6.07, 6.45) is -4.29. The summed E-state index contributed by atoms with van der Waals surface area (Å²) in [5.41, 5.74) is -0.363. The Bertz CT molecular complexity index is 473. The van der Waals surface area contributed by atoms with Gasteiger partial charge >= 0.3 is 6.18 Å². The molecule has 7 heteroatoms. The number of hydrogen-bond acceptors (Lipinski definition) is 2. The molecule has 21 heavy (non-hydrogen) atoms. The van der Waals surface area contributed by atoms with Crippen molar-refractivity contribution in [3.8, 4) is 0 Å². The van der Waals surface area contributed by atoms with Crippen LogP contribution in [-0.4, -0.2) is 37.8 Å². The standard InChI is InChI=1S/C14H17ClF4N2/c15-12-8-10(7-11(9-12)14(17,18)19)13(1-2-16)21-5-3-20-4-6-21/h7-9,13,20H,1-6H2/t13-/m0/s1. The first-order valence-corrected chi connectivity index (χ1v) is 7.18. The predicted molar refractivity (Wildman–Crippen MR) is 74.2 cm³/mol. The Labute approximate surface area is 126 Å². The van der Waals surface area contributed by atoms with Gasteiger partial charge in [0.15, 0.2) is 0 Å². The van der Waals surface area contributed by atoms with Crippen molar-refractivity contribution in [2.75, 3.05) is 32.9 Å². The maximum atomic E-state index is 12.9. The van der Waals surface area contributed by atoms with Crippen LogP contribution in [0.4, 0.5) is 17.6 Å². The van der Waals surface area contributed by atoms with Crippen LogP contribution in [0.5, 0.6) is 0 Å². The molecule has 1 aromatic rings. The van der Waals surface area contributed by atoms with Gasteiger partial charge in [0, 0.05) is 37.2 Å². The molecule has 1 fully saturated rings. The van der Waals surface area contributed by atoms with Gasteiger partial charge in [0.1, 0.15) is 0 Å². The van der Waals surface area contributed by atoms with E-state index in [9.17, 15) is 17.6 Å². The molecule has 1 N–H and O–H groups in total. The number of piperazine rings is 1. The summed E-state index contributed by atoms with van der Waals surface area (Å²) in [6, 6.07) is 3.10. The molecule has 1 saturated heterocycles. The van der Waals surface area contributed by atoms with E-state index in [2.05, 4.69) is 5.32 Å². The van der Waals surface area contributed by atoms with Crippen LogP contribution in [0, 0.1) is 0 Å². The van der Waals surface area contributed by atoms with Gasteiger partial charge < -0.3 is 5.32 Å². The fraction of sp³-hybridized carbons (Fsp3) is 0.571. The average molecular weight is 325 g/mol. The average Bonchev–Trinajstić information content (AvgIpc) is 2.44. The highest BCUT2D eigenvalue weighted by Gasteiger charge is 2.32. The fourth-order valence-corrected chi connectivity index (χ4v) is 2.87. The van der Waals surface area contributed by atoms with Crippen molar-refractivity contribution in [2.45, 2.75) is 18.6 Å². The van der Waals surface area contributed by atoms with E-state index in [1.54, 1.807) is 0 Å². The second-order valence-electron chi connectivity index (χ2n) is 5.05.